The molecule has 2 aliphatic heterocycles. The number of nitrogens with one attached hydrogen (secondary N) is 1. The molecule has 0 atom stereocenters. The third kappa shape index (κ3) is 7.55. The van der Waals surface area contributed by atoms with Crippen LogP contribution in [0.15, 0.2) is 42.5 Å². The van der Waals surface area contributed by atoms with Gasteiger partial charge in [-0.05, 0) is 81.5 Å². The van der Waals surface area contributed by atoms with Gasteiger partial charge in [0.2, 0.25) is 5.84 Å². The van der Waals surface area contributed by atoms with Crippen LogP contribution in [0, 0.1) is 27.0 Å². The summed E-state index contributed by atoms with van der Waals surface area (Å²) in [6.45, 7) is 16.2. The van der Waals surface area contributed by atoms with Crippen LogP contribution in [0.25, 0.3) is 28.1 Å². The van der Waals surface area contributed by atoms with Gasteiger partial charge in [-0.1, -0.05) is 77.1 Å². The lowest BCUT2D eigenvalue weighted by Gasteiger charge is -2.26. The highest BCUT2D eigenvalue weighted by Gasteiger charge is 2.30. The molecule has 3 heterocycles. The SMILES string of the molecule is C1CCC2=[N+](CC1)CCCN2.CC(C)(C)c1cc(-c2nnn(-c3c(F)c(F)c(-c4ccc([O-])cc4)c(F)c3F)c2I)cc(C(C)(C)C)c1. The van der Waals surface area contributed by atoms with Crippen molar-refractivity contribution < 1.29 is 27.2 Å². The van der Waals surface area contributed by atoms with Gasteiger partial charge in [0.15, 0.2) is 23.3 Å². The highest BCUT2D eigenvalue weighted by Crippen LogP contribution is 2.38. The maximum atomic E-state index is 15.3. The molecule has 0 aliphatic carbocycles. The molecule has 0 bridgehead atoms. The molecule has 1 aromatic heterocycles. The molecular formula is C37H42F4IN5O. The van der Waals surface area contributed by atoms with Gasteiger partial charge in [-0.25, -0.2) is 22.2 Å². The second-order valence-corrected chi connectivity index (χ2v) is 15.5. The first-order chi connectivity index (χ1) is 22.6. The average Bonchev–Trinajstić information content (AvgIpc) is 3.24. The van der Waals surface area contributed by atoms with Crippen molar-refractivity contribution >= 4 is 28.4 Å². The van der Waals surface area contributed by atoms with Crippen LogP contribution in [0.5, 0.6) is 5.75 Å². The Morgan fingerprint density at radius 1 is 0.771 bits per heavy atom. The van der Waals surface area contributed by atoms with Crippen LogP contribution in [0.3, 0.4) is 0 Å². The first kappa shape index (κ1) is 35.8. The molecule has 4 aromatic rings. The van der Waals surface area contributed by atoms with Crippen LogP contribution in [0.4, 0.5) is 17.6 Å². The van der Waals surface area contributed by atoms with Gasteiger partial charge in [-0.2, -0.15) is 0 Å². The molecule has 0 radical (unpaired) electrons. The third-order valence-electron chi connectivity index (χ3n) is 8.81. The summed E-state index contributed by atoms with van der Waals surface area (Å²) < 4.78 is 64.1. The van der Waals surface area contributed by atoms with Gasteiger partial charge >= 0.3 is 0 Å². The molecule has 48 heavy (non-hydrogen) atoms. The number of aromatic nitrogens is 3. The van der Waals surface area contributed by atoms with Crippen molar-refractivity contribution in [2.24, 2.45) is 0 Å². The molecule has 6 rings (SSSR count). The van der Waals surface area contributed by atoms with E-state index < -0.39 is 40.3 Å². The fraction of sp³-hybridized carbons (Fsp3) is 0.432. The molecule has 1 N–H and O–H groups in total. The largest absolute Gasteiger partial charge is 0.872 e. The minimum absolute atomic E-state index is 0.165. The lowest BCUT2D eigenvalue weighted by atomic mass is 9.79. The lowest BCUT2D eigenvalue weighted by Crippen LogP contribution is -2.40. The van der Waals surface area contributed by atoms with Gasteiger partial charge in [0.05, 0.1) is 25.2 Å². The monoisotopic (exact) mass is 775 g/mol. The summed E-state index contributed by atoms with van der Waals surface area (Å²) in [4.78, 5) is 0. The molecule has 0 spiro atoms. The summed E-state index contributed by atoms with van der Waals surface area (Å²) in [5.74, 6) is -5.30. The average molecular weight is 776 g/mol. The number of benzene rings is 3. The zero-order valence-electron chi connectivity index (χ0n) is 28.3. The van der Waals surface area contributed by atoms with Crippen molar-refractivity contribution in [1.82, 2.24) is 20.3 Å². The van der Waals surface area contributed by atoms with Gasteiger partial charge in [-0.15, -0.1) is 10.8 Å². The van der Waals surface area contributed by atoms with E-state index in [9.17, 15) is 5.11 Å². The van der Waals surface area contributed by atoms with E-state index in [1.807, 2.05) is 34.7 Å². The molecule has 3 aromatic carbocycles. The fourth-order valence-electron chi connectivity index (χ4n) is 5.92. The van der Waals surface area contributed by atoms with Gasteiger partial charge in [0, 0.05) is 18.4 Å². The van der Waals surface area contributed by atoms with E-state index in [4.69, 9.17) is 0 Å². The van der Waals surface area contributed by atoms with E-state index >= 15 is 17.6 Å². The van der Waals surface area contributed by atoms with E-state index in [1.54, 1.807) is 0 Å². The molecule has 256 valence electrons. The molecular weight excluding hydrogens is 733 g/mol. The number of hydrogen-bond donors (Lipinski definition) is 1. The standard InChI is InChI=1S/C28H26F4IN3O.C9H16N2/c1-27(2,3)16-11-15(12-17(13-16)28(4,5)6)24-26(33)36(35-34-24)25-22(31)20(29)19(21(30)23(25)32)14-7-9-18(37)10-8-14;1-2-5-9-10-6-4-8-11(9)7-3-1/h7-13,37H,1-6H3;1-8H2. The Labute approximate surface area is 293 Å². The van der Waals surface area contributed by atoms with Crippen molar-refractivity contribution in [3.63, 3.8) is 0 Å². The second-order valence-electron chi connectivity index (χ2n) is 14.5. The van der Waals surface area contributed by atoms with E-state index in [0.29, 0.717) is 11.3 Å². The summed E-state index contributed by atoms with van der Waals surface area (Å²) >= 11 is 1.81. The van der Waals surface area contributed by atoms with E-state index in [-0.39, 0.29) is 20.1 Å². The zero-order chi connectivity index (χ0) is 35.0. The first-order valence-electron chi connectivity index (χ1n) is 16.3. The Balaban J connectivity index is 0.000000343. The Bertz CT molecular complexity index is 1760. The quantitative estimate of drug-likeness (QED) is 0.0984. The third-order valence-corrected chi connectivity index (χ3v) is 9.77. The zero-order valence-corrected chi connectivity index (χ0v) is 30.4. The Kier molecular flexibility index (Phi) is 10.6. The van der Waals surface area contributed by atoms with Crippen LogP contribution in [0.2, 0.25) is 0 Å². The van der Waals surface area contributed by atoms with Crippen molar-refractivity contribution in [1.29, 1.82) is 0 Å². The van der Waals surface area contributed by atoms with Crippen LogP contribution >= 0.6 is 22.6 Å². The highest BCUT2D eigenvalue weighted by molar-refractivity contribution is 14.1. The number of amidine groups is 1. The van der Waals surface area contributed by atoms with Crippen molar-refractivity contribution in [2.75, 3.05) is 19.6 Å². The number of nitrogens with zero attached hydrogens (tertiary/aromatic N) is 4. The minimum atomic E-state index is -1.62. The molecule has 0 saturated carbocycles. The molecule has 2 aliphatic rings. The highest BCUT2D eigenvalue weighted by atomic mass is 127. The van der Waals surface area contributed by atoms with Crippen LogP contribution in [-0.4, -0.2) is 45.0 Å². The normalized spacial score (nSPS) is 15.3. The molecule has 0 unspecified atom stereocenters. The Morgan fingerprint density at radius 3 is 1.94 bits per heavy atom. The summed E-state index contributed by atoms with van der Waals surface area (Å²) in [5.41, 5.74) is 0.598. The molecule has 0 amide bonds. The van der Waals surface area contributed by atoms with Gasteiger partial charge < -0.3 is 5.11 Å². The van der Waals surface area contributed by atoms with Crippen molar-refractivity contribution in [2.45, 2.75) is 84.5 Å². The Hall–Kier alpha value is -3.48. The van der Waals surface area contributed by atoms with Gasteiger partial charge in [0.1, 0.15) is 15.1 Å². The smallest absolute Gasteiger partial charge is 0.244 e. The lowest BCUT2D eigenvalue weighted by molar-refractivity contribution is -0.534. The van der Waals surface area contributed by atoms with Crippen molar-refractivity contribution in [3.8, 4) is 33.8 Å². The van der Waals surface area contributed by atoms with E-state index in [0.717, 1.165) is 40.1 Å². The van der Waals surface area contributed by atoms with Gasteiger partial charge in [0.25, 0.3) is 0 Å². The summed E-state index contributed by atoms with van der Waals surface area (Å²) in [6.07, 6.45) is 6.81. The molecule has 11 heteroatoms. The predicted octanol–water partition coefficient (Wildman–Crippen LogP) is 8.40. The fourth-order valence-corrected chi connectivity index (χ4v) is 6.67. The van der Waals surface area contributed by atoms with Crippen LogP contribution < -0.4 is 10.4 Å². The van der Waals surface area contributed by atoms with Crippen LogP contribution in [0.1, 0.15) is 84.8 Å². The number of halogens is 5. The van der Waals surface area contributed by atoms with Gasteiger partial charge in [-0.3, -0.25) is 9.89 Å². The summed E-state index contributed by atoms with van der Waals surface area (Å²) in [6, 6.07) is 10.3. The number of rotatable bonds is 3. The summed E-state index contributed by atoms with van der Waals surface area (Å²) in [7, 11) is 0. The molecule has 0 saturated heterocycles. The Morgan fingerprint density at radius 2 is 1.35 bits per heavy atom. The topological polar surface area (TPSA) is 68.8 Å². The van der Waals surface area contributed by atoms with E-state index in [2.05, 4.69) is 67.8 Å². The maximum absolute atomic E-state index is 15.3. The predicted molar refractivity (Wildman–Crippen MR) is 188 cm³/mol. The van der Waals surface area contributed by atoms with E-state index in [1.165, 1.54) is 57.6 Å². The molecule has 0 fully saturated rings. The maximum Gasteiger partial charge on any atom is 0.244 e. The number of hydrogen-bond acceptors (Lipinski definition) is 4. The molecule has 6 nitrogen and oxygen atoms in total. The second kappa shape index (κ2) is 14.2. The van der Waals surface area contributed by atoms with Crippen LogP contribution in [-0.2, 0) is 10.8 Å². The van der Waals surface area contributed by atoms with Crippen molar-refractivity contribution in [3.05, 3.63) is 80.6 Å². The summed E-state index contributed by atoms with van der Waals surface area (Å²) in [5, 5.41) is 22.9. The minimum Gasteiger partial charge on any atom is -0.872 e. The first-order valence-corrected chi connectivity index (χ1v) is 17.4.